The minimum absolute atomic E-state index is 0.171. The molecule has 80 valence electrons. The monoisotopic (exact) mass is 187 g/mol. The Morgan fingerprint density at radius 1 is 1.15 bits per heavy atom. The first-order valence-corrected chi connectivity index (χ1v) is 5.65. The molecule has 0 saturated heterocycles. The van der Waals surface area contributed by atoms with Crippen LogP contribution in [0.15, 0.2) is 0 Å². The molecule has 0 aliphatic rings. The van der Waals surface area contributed by atoms with Crippen LogP contribution in [0.5, 0.6) is 0 Å². The van der Waals surface area contributed by atoms with Crippen LogP contribution in [0.4, 0.5) is 0 Å². The van der Waals surface area contributed by atoms with E-state index < -0.39 is 0 Å². The first-order valence-electron chi connectivity index (χ1n) is 5.65. The Bertz CT molecular complexity index is 106. The summed E-state index contributed by atoms with van der Waals surface area (Å²) < 4.78 is 0. The van der Waals surface area contributed by atoms with Crippen LogP contribution in [0.1, 0.15) is 52.9 Å². The van der Waals surface area contributed by atoms with Gasteiger partial charge < -0.3 is 10.4 Å². The van der Waals surface area contributed by atoms with E-state index in [0.29, 0.717) is 6.04 Å². The number of unbranched alkanes of at least 4 members (excludes halogenated alkanes) is 1. The van der Waals surface area contributed by atoms with Gasteiger partial charge in [-0.05, 0) is 19.3 Å². The van der Waals surface area contributed by atoms with E-state index in [1.54, 1.807) is 0 Å². The fraction of sp³-hybridized carbons (Fsp3) is 1.00. The summed E-state index contributed by atoms with van der Waals surface area (Å²) in [5.74, 6) is 0. The third kappa shape index (κ3) is 7.03. The summed E-state index contributed by atoms with van der Waals surface area (Å²) in [6, 6.07) is 0.598. The van der Waals surface area contributed by atoms with E-state index in [4.69, 9.17) is 0 Å². The predicted molar refractivity (Wildman–Crippen MR) is 57.9 cm³/mol. The maximum atomic E-state index is 9.37. The molecule has 0 aliphatic carbocycles. The van der Waals surface area contributed by atoms with E-state index in [1.165, 1.54) is 19.3 Å². The topological polar surface area (TPSA) is 32.3 Å². The molecule has 0 bridgehead atoms. The Labute approximate surface area is 82.7 Å². The van der Waals surface area contributed by atoms with E-state index in [-0.39, 0.29) is 6.10 Å². The fourth-order valence-corrected chi connectivity index (χ4v) is 1.35. The Kier molecular flexibility index (Phi) is 8.46. The van der Waals surface area contributed by atoms with Gasteiger partial charge in [0.15, 0.2) is 0 Å². The normalized spacial score (nSPS) is 15.7. The summed E-state index contributed by atoms with van der Waals surface area (Å²) in [5, 5.41) is 12.8. The molecule has 0 aliphatic heterocycles. The lowest BCUT2D eigenvalue weighted by atomic mass is 10.1. The molecule has 2 unspecified atom stereocenters. The number of aliphatic hydroxyl groups excluding tert-OH is 1. The molecule has 0 amide bonds. The summed E-state index contributed by atoms with van der Waals surface area (Å²) >= 11 is 0. The van der Waals surface area contributed by atoms with Gasteiger partial charge in [-0.3, -0.25) is 0 Å². The molecule has 0 spiro atoms. The molecule has 0 aromatic carbocycles. The zero-order valence-corrected chi connectivity index (χ0v) is 9.34. The molecule has 0 aromatic rings. The lowest BCUT2D eigenvalue weighted by Gasteiger charge is -2.18. The van der Waals surface area contributed by atoms with E-state index >= 15 is 0 Å². The predicted octanol–water partition coefficient (Wildman–Crippen LogP) is 2.32. The van der Waals surface area contributed by atoms with Gasteiger partial charge in [-0.2, -0.15) is 0 Å². The van der Waals surface area contributed by atoms with Crippen molar-refractivity contribution in [2.24, 2.45) is 0 Å². The largest absolute Gasteiger partial charge is 0.392 e. The Morgan fingerprint density at radius 3 is 2.31 bits per heavy atom. The number of rotatable bonds is 8. The van der Waals surface area contributed by atoms with Crippen LogP contribution in [0.2, 0.25) is 0 Å². The number of nitrogens with one attached hydrogen (secondary N) is 1. The van der Waals surface area contributed by atoms with Crippen LogP contribution in [-0.4, -0.2) is 23.8 Å². The summed E-state index contributed by atoms with van der Waals surface area (Å²) in [6.45, 7) is 7.18. The van der Waals surface area contributed by atoms with Gasteiger partial charge in [0.25, 0.3) is 0 Å². The lowest BCUT2D eigenvalue weighted by molar-refractivity contribution is 0.161. The van der Waals surface area contributed by atoms with E-state index in [9.17, 15) is 5.11 Å². The third-order valence-corrected chi connectivity index (χ3v) is 2.51. The molecule has 0 aromatic heterocycles. The van der Waals surface area contributed by atoms with E-state index in [1.807, 2.05) is 6.92 Å². The maximum absolute atomic E-state index is 9.37. The Balaban J connectivity index is 3.46. The molecule has 0 rings (SSSR count). The van der Waals surface area contributed by atoms with Gasteiger partial charge in [0.2, 0.25) is 0 Å². The summed E-state index contributed by atoms with van der Waals surface area (Å²) in [5.41, 5.74) is 0. The zero-order valence-electron chi connectivity index (χ0n) is 9.34. The zero-order chi connectivity index (χ0) is 10.1. The van der Waals surface area contributed by atoms with Gasteiger partial charge in [-0.25, -0.2) is 0 Å². The molecule has 2 atom stereocenters. The van der Waals surface area contributed by atoms with Crippen LogP contribution < -0.4 is 5.32 Å². The van der Waals surface area contributed by atoms with Crippen molar-refractivity contribution in [3.63, 3.8) is 0 Å². The fourth-order valence-electron chi connectivity index (χ4n) is 1.35. The highest BCUT2D eigenvalue weighted by atomic mass is 16.3. The van der Waals surface area contributed by atoms with Crippen LogP contribution in [0.3, 0.4) is 0 Å². The highest BCUT2D eigenvalue weighted by molar-refractivity contribution is 4.67. The van der Waals surface area contributed by atoms with Crippen molar-refractivity contribution >= 4 is 0 Å². The highest BCUT2D eigenvalue weighted by Crippen LogP contribution is 2.04. The second-order valence-corrected chi connectivity index (χ2v) is 3.72. The number of aliphatic hydroxyl groups is 1. The molecule has 0 fully saturated rings. The molecule has 13 heavy (non-hydrogen) atoms. The molecular weight excluding hydrogens is 162 g/mol. The average Bonchev–Trinajstić information content (AvgIpc) is 2.17. The minimum atomic E-state index is -0.171. The average molecular weight is 187 g/mol. The quantitative estimate of drug-likeness (QED) is 0.611. The van der Waals surface area contributed by atoms with E-state index in [0.717, 1.165) is 19.4 Å². The van der Waals surface area contributed by atoms with Gasteiger partial charge in [-0.15, -0.1) is 0 Å². The van der Waals surface area contributed by atoms with Crippen molar-refractivity contribution in [1.29, 1.82) is 0 Å². The van der Waals surface area contributed by atoms with Crippen LogP contribution in [0.25, 0.3) is 0 Å². The Morgan fingerprint density at radius 2 is 1.85 bits per heavy atom. The second kappa shape index (κ2) is 8.52. The highest BCUT2D eigenvalue weighted by Gasteiger charge is 2.06. The molecule has 0 heterocycles. The molecule has 2 heteroatoms. The van der Waals surface area contributed by atoms with Crippen molar-refractivity contribution in [3.05, 3.63) is 0 Å². The molecule has 0 radical (unpaired) electrons. The first-order chi connectivity index (χ1) is 6.24. The van der Waals surface area contributed by atoms with Crippen molar-refractivity contribution < 1.29 is 5.11 Å². The second-order valence-electron chi connectivity index (χ2n) is 3.72. The smallest absolute Gasteiger partial charge is 0.0662 e. The van der Waals surface area contributed by atoms with Gasteiger partial charge in [0.1, 0.15) is 0 Å². The van der Waals surface area contributed by atoms with Crippen molar-refractivity contribution in [3.8, 4) is 0 Å². The summed E-state index contributed by atoms with van der Waals surface area (Å²) in [7, 11) is 0. The minimum Gasteiger partial charge on any atom is -0.392 e. The van der Waals surface area contributed by atoms with Gasteiger partial charge in [0, 0.05) is 12.6 Å². The summed E-state index contributed by atoms with van der Waals surface area (Å²) in [4.78, 5) is 0. The van der Waals surface area contributed by atoms with Crippen molar-refractivity contribution in [2.75, 3.05) is 6.54 Å². The third-order valence-electron chi connectivity index (χ3n) is 2.51. The van der Waals surface area contributed by atoms with Crippen LogP contribution in [-0.2, 0) is 0 Å². The summed E-state index contributed by atoms with van der Waals surface area (Å²) in [6.07, 6.45) is 5.62. The molecule has 2 nitrogen and oxygen atoms in total. The molecular formula is C11H25NO. The maximum Gasteiger partial charge on any atom is 0.0662 e. The van der Waals surface area contributed by atoms with Crippen LogP contribution in [0, 0.1) is 0 Å². The molecule has 2 N–H and O–H groups in total. The van der Waals surface area contributed by atoms with Gasteiger partial charge in [-0.1, -0.05) is 33.6 Å². The van der Waals surface area contributed by atoms with Gasteiger partial charge >= 0.3 is 0 Å². The SMILES string of the molecule is CCCCC(CC)NCC(O)CC. The number of hydrogen-bond donors (Lipinski definition) is 2. The van der Waals surface area contributed by atoms with Crippen molar-refractivity contribution in [1.82, 2.24) is 5.32 Å². The van der Waals surface area contributed by atoms with Gasteiger partial charge in [0.05, 0.1) is 6.10 Å². The van der Waals surface area contributed by atoms with Crippen molar-refractivity contribution in [2.45, 2.75) is 65.0 Å². The Hall–Kier alpha value is -0.0800. The van der Waals surface area contributed by atoms with E-state index in [2.05, 4.69) is 19.2 Å². The molecule has 0 saturated carbocycles. The standard InChI is InChI=1S/C11H25NO/c1-4-7-8-10(5-2)12-9-11(13)6-3/h10-13H,4-9H2,1-3H3. The van der Waals surface area contributed by atoms with Crippen LogP contribution >= 0.6 is 0 Å². The first kappa shape index (κ1) is 12.9. The number of hydrogen-bond acceptors (Lipinski definition) is 2. The lowest BCUT2D eigenvalue weighted by Crippen LogP contribution is -2.34.